The summed E-state index contributed by atoms with van der Waals surface area (Å²) in [5, 5.41) is 0. The first-order valence-electron chi connectivity index (χ1n) is 5.39. The third-order valence-corrected chi connectivity index (χ3v) is 3.79. The molecule has 0 aliphatic carbocycles. The molecule has 3 nitrogen and oxygen atoms in total. The molecule has 0 unspecified atom stereocenters. The van der Waals surface area contributed by atoms with Gasteiger partial charge in [-0.3, -0.25) is 0 Å². The molecule has 0 spiro atoms. The first-order valence-corrected chi connectivity index (χ1v) is 6.19. The summed E-state index contributed by atoms with van der Waals surface area (Å²) in [6.07, 6.45) is 1.43. The van der Waals surface area contributed by atoms with Crippen molar-refractivity contribution in [2.75, 3.05) is 0 Å². The molecule has 92 valence electrons. The van der Waals surface area contributed by atoms with Gasteiger partial charge in [-0.15, -0.1) is 0 Å². The van der Waals surface area contributed by atoms with Crippen LogP contribution in [-0.4, -0.2) is 23.3 Å². The van der Waals surface area contributed by atoms with Crippen molar-refractivity contribution in [1.29, 1.82) is 0 Å². The van der Waals surface area contributed by atoms with Crippen molar-refractivity contribution in [3.8, 4) is 0 Å². The number of aromatic nitrogens is 1. The average Bonchev–Trinajstić information content (AvgIpc) is 2.35. The molecule has 1 aliphatic rings. The first kappa shape index (κ1) is 13.0. The highest BCUT2D eigenvalue weighted by Crippen LogP contribution is 2.36. The van der Waals surface area contributed by atoms with Crippen molar-refractivity contribution in [2.45, 2.75) is 38.9 Å². The van der Waals surface area contributed by atoms with Crippen LogP contribution in [0.2, 0.25) is 0 Å². The van der Waals surface area contributed by atoms with Crippen molar-refractivity contribution in [1.82, 2.24) is 4.98 Å². The minimum absolute atomic E-state index is 0.326. The summed E-state index contributed by atoms with van der Waals surface area (Å²) in [5.74, 6) is -0.384. The van der Waals surface area contributed by atoms with E-state index in [1.54, 1.807) is 0 Å². The SMILES string of the molecule is CC1(C)OB(c2cnc(Br)cc2F)OC1(C)C. The third-order valence-electron chi connectivity index (χ3n) is 3.36. The van der Waals surface area contributed by atoms with Crippen LogP contribution in [0.15, 0.2) is 16.9 Å². The van der Waals surface area contributed by atoms with Crippen molar-refractivity contribution in [2.24, 2.45) is 0 Å². The summed E-state index contributed by atoms with van der Waals surface area (Å²) in [6.45, 7) is 7.71. The van der Waals surface area contributed by atoms with Crippen molar-refractivity contribution < 1.29 is 13.7 Å². The van der Waals surface area contributed by atoms with E-state index in [1.807, 2.05) is 27.7 Å². The summed E-state index contributed by atoms with van der Waals surface area (Å²) in [7, 11) is -0.708. The molecule has 1 aromatic heterocycles. The number of nitrogens with zero attached hydrogens (tertiary/aromatic N) is 1. The first-order chi connectivity index (χ1) is 7.73. The van der Waals surface area contributed by atoms with E-state index in [2.05, 4.69) is 20.9 Å². The normalized spacial score (nSPS) is 21.9. The van der Waals surface area contributed by atoms with Crippen molar-refractivity contribution in [3.05, 3.63) is 22.7 Å². The lowest BCUT2D eigenvalue weighted by Gasteiger charge is -2.32. The Balaban J connectivity index is 2.32. The monoisotopic (exact) mass is 301 g/mol. The van der Waals surface area contributed by atoms with Crippen LogP contribution in [0.3, 0.4) is 0 Å². The second-order valence-corrected chi connectivity index (χ2v) is 5.93. The molecule has 0 atom stereocenters. The summed E-state index contributed by atoms with van der Waals surface area (Å²) in [6, 6.07) is 1.31. The highest BCUT2D eigenvalue weighted by atomic mass is 79.9. The van der Waals surface area contributed by atoms with Gasteiger partial charge < -0.3 is 9.31 Å². The van der Waals surface area contributed by atoms with Gasteiger partial charge in [0.05, 0.1) is 11.2 Å². The van der Waals surface area contributed by atoms with Gasteiger partial charge in [-0.2, -0.15) is 0 Å². The van der Waals surface area contributed by atoms with E-state index in [1.165, 1.54) is 12.3 Å². The van der Waals surface area contributed by atoms with Crippen LogP contribution >= 0.6 is 15.9 Å². The van der Waals surface area contributed by atoms with Crippen LogP contribution in [0.5, 0.6) is 0 Å². The largest absolute Gasteiger partial charge is 0.499 e. The highest BCUT2D eigenvalue weighted by molar-refractivity contribution is 9.10. The Bertz CT molecular complexity index is 437. The molecule has 0 saturated carbocycles. The van der Waals surface area contributed by atoms with Gasteiger partial charge in [0, 0.05) is 17.7 Å². The second kappa shape index (κ2) is 4.04. The second-order valence-electron chi connectivity index (χ2n) is 5.12. The fourth-order valence-electron chi connectivity index (χ4n) is 1.56. The summed E-state index contributed by atoms with van der Waals surface area (Å²) in [4.78, 5) is 4.00. The van der Waals surface area contributed by atoms with E-state index in [0.29, 0.717) is 10.1 Å². The van der Waals surface area contributed by atoms with Gasteiger partial charge in [-0.25, -0.2) is 9.37 Å². The molecule has 0 bridgehead atoms. The Kier molecular flexibility index (Phi) is 3.08. The molecule has 1 aliphatic heterocycles. The van der Waals surface area contributed by atoms with Gasteiger partial charge in [-0.1, -0.05) is 0 Å². The number of hydrogen-bond donors (Lipinski definition) is 0. The maximum absolute atomic E-state index is 13.8. The summed E-state index contributed by atoms with van der Waals surface area (Å²) >= 11 is 3.12. The maximum Gasteiger partial charge on any atom is 0.499 e. The quantitative estimate of drug-likeness (QED) is 0.589. The van der Waals surface area contributed by atoms with Crippen LogP contribution in [0.1, 0.15) is 27.7 Å². The van der Waals surface area contributed by atoms with Gasteiger partial charge in [0.1, 0.15) is 10.4 Å². The lowest BCUT2D eigenvalue weighted by Crippen LogP contribution is -2.41. The van der Waals surface area contributed by atoms with Gasteiger partial charge >= 0.3 is 7.12 Å². The molecule has 17 heavy (non-hydrogen) atoms. The fraction of sp³-hybridized carbons (Fsp3) is 0.545. The molecule has 0 N–H and O–H groups in total. The fourth-order valence-corrected chi connectivity index (χ4v) is 1.86. The van der Waals surface area contributed by atoms with E-state index in [9.17, 15) is 4.39 Å². The van der Waals surface area contributed by atoms with Gasteiger partial charge in [0.25, 0.3) is 0 Å². The topological polar surface area (TPSA) is 31.4 Å². The minimum atomic E-state index is -0.708. The molecule has 0 aromatic carbocycles. The Labute approximate surface area is 109 Å². The van der Waals surface area contributed by atoms with E-state index in [-0.39, 0.29) is 5.82 Å². The molecule has 1 aromatic rings. The predicted octanol–water partition coefficient (Wildman–Crippen LogP) is 2.28. The van der Waals surface area contributed by atoms with E-state index in [4.69, 9.17) is 9.31 Å². The zero-order valence-electron chi connectivity index (χ0n) is 10.3. The summed E-state index contributed by atoms with van der Waals surface area (Å²) in [5.41, 5.74) is -0.624. The van der Waals surface area contributed by atoms with Crippen LogP contribution in [0.4, 0.5) is 4.39 Å². The molecule has 6 heteroatoms. The van der Waals surface area contributed by atoms with E-state index >= 15 is 0 Å². The van der Waals surface area contributed by atoms with Gasteiger partial charge in [-0.05, 0) is 43.6 Å². The van der Waals surface area contributed by atoms with Gasteiger partial charge in [0.15, 0.2) is 0 Å². The standard InChI is InChI=1S/C11H14BBrFNO2/c1-10(2)11(3,4)17-12(16-10)7-6-15-9(13)5-8(7)14/h5-6H,1-4H3. The third kappa shape index (κ3) is 2.26. The number of hydrogen-bond acceptors (Lipinski definition) is 3. The van der Waals surface area contributed by atoms with E-state index in [0.717, 1.165) is 0 Å². The Morgan fingerprint density at radius 3 is 2.24 bits per heavy atom. The smallest absolute Gasteiger partial charge is 0.399 e. The van der Waals surface area contributed by atoms with Gasteiger partial charge in [0.2, 0.25) is 0 Å². The lowest BCUT2D eigenvalue weighted by molar-refractivity contribution is 0.00578. The highest BCUT2D eigenvalue weighted by Gasteiger charge is 2.52. The number of halogens is 2. The van der Waals surface area contributed by atoms with Crippen LogP contribution < -0.4 is 5.46 Å². The number of pyridine rings is 1. The predicted molar refractivity (Wildman–Crippen MR) is 67.6 cm³/mol. The molecule has 1 saturated heterocycles. The van der Waals surface area contributed by atoms with Crippen molar-refractivity contribution in [3.63, 3.8) is 0 Å². The van der Waals surface area contributed by atoms with Crippen LogP contribution in [-0.2, 0) is 9.31 Å². The molecular formula is C11H14BBrFNO2. The molecule has 2 heterocycles. The summed E-state index contributed by atoms with van der Waals surface area (Å²) < 4.78 is 25.7. The molecule has 0 amide bonds. The minimum Gasteiger partial charge on any atom is -0.399 e. The Hall–Kier alpha value is -0.455. The average molecular weight is 302 g/mol. The maximum atomic E-state index is 13.8. The van der Waals surface area contributed by atoms with Crippen LogP contribution in [0, 0.1) is 5.82 Å². The van der Waals surface area contributed by atoms with Crippen LogP contribution in [0.25, 0.3) is 0 Å². The van der Waals surface area contributed by atoms with Crippen molar-refractivity contribution >= 4 is 28.5 Å². The molecular weight excluding hydrogens is 288 g/mol. The zero-order chi connectivity index (χ0) is 12.8. The van der Waals surface area contributed by atoms with E-state index < -0.39 is 18.3 Å². The molecule has 2 rings (SSSR count). The Morgan fingerprint density at radius 2 is 1.76 bits per heavy atom. The zero-order valence-corrected chi connectivity index (χ0v) is 11.8. The Morgan fingerprint density at radius 1 is 1.24 bits per heavy atom. The lowest BCUT2D eigenvalue weighted by atomic mass is 9.80. The molecule has 0 radical (unpaired) electrons. The molecule has 1 fully saturated rings. The number of rotatable bonds is 1.